The van der Waals surface area contributed by atoms with Crippen LogP contribution in [-0.4, -0.2) is 14.9 Å². The number of H-pyrrole nitrogens is 1. The molecule has 6 nitrogen and oxygen atoms in total. The lowest BCUT2D eigenvalue weighted by molar-refractivity contribution is -0.384. The van der Waals surface area contributed by atoms with Crippen molar-refractivity contribution in [2.24, 2.45) is 0 Å². The van der Waals surface area contributed by atoms with E-state index in [1.165, 1.54) is 18.2 Å². The van der Waals surface area contributed by atoms with E-state index in [1.54, 1.807) is 6.92 Å². The van der Waals surface area contributed by atoms with Gasteiger partial charge in [0.05, 0.1) is 10.4 Å². The maximum atomic E-state index is 11.0. The quantitative estimate of drug-likeness (QED) is 0.558. The van der Waals surface area contributed by atoms with Crippen LogP contribution in [0.5, 0.6) is 0 Å². The Morgan fingerprint density at radius 3 is 2.87 bits per heavy atom. The number of fused-ring (bicyclic) bond motifs is 1. The summed E-state index contributed by atoms with van der Waals surface area (Å²) in [4.78, 5) is 27.3. The van der Waals surface area contributed by atoms with E-state index in [4.69, 9.17) is 0 Å². The fourth-order valence-corrected chi connectivity index (χ4v) is 1.40. The van der Waals surface area contributed by atoms with Gasteiger partial charge in [0.2, 0.25) is 0 Å². The number of nitro benzene ring substituents is 1. The van der Waals surface area contributed by atoms with Gasteiger partial charge >= 0.3 is 5.69 Å². The second kappa shape index (κ2) is 3.16. The normalized spacial score (nSPS) is 10.5. The van der Waals surface area contributed by atoms with Crippen molar-refractivity contribution in [3.63, 3.8) is 0 Å². The minimum Gasteiger partial charge on any atom is -0.309 e. The minimum atomic E-state index is -0.482. The number of aromatic amines is 1. The molecule has 0 atom stereocenters. The number of nitrogens with zero attached hydrogens (tertiary/aromatic N) is 2. The van der Waals surface area contributed by atoms with Gasteiger partial charge in [0.15, 0.2) is 0 Å². The van der Waals surface area contributed by atoms with Crippen molar-refractivity contribution in [2.75, 3.05) is 0 Å². The number of aryl methyl sites for hydroxylation is 1. The second-order valence-corrected chi connectivity index (χ2v) is 3.13. The van der Waals surface area contributed by atoms with E-state index in [1.807, 2.05) is 0 Å². The number of non-ortho nitro benzene ring substituents is 1. The SMILES string of the molecule is Cc1[nH]c(=O)nc2ccc([N+](=O)[O-])cc12. The molecule has 76 valence electrons. The summed E-state index contributed by atoms with van der Waals surface area (Å²) in [6.07, 6.45) is 0. The maximum absolute atomic E-state index is 11.0. The Morgan fingerprint density at radius 2 is 2.20 bits per heavy atom. The molecule has 1 N–H and O–H groups in total. The summed E-state index contributed by atoms with van der Waals surface area (Å²) < 4.78 is 0. The standard InChI is InChI=1S/C9H7N3O3/c1-5-7-4-6(12(14)15)2-3-8(7)11-9(13)10-5/h2-4H,1H3,(H,10,11,13). The Labute approximate surface area is 83.7 Å². The fourth-order valence-electron chi connectivity index (χ4n) is 1.40. The highest BCUT2D eigenvalue weighted by molar-refractivity contribution is 5.82. The van der Waals surface area contributed by atoms with Crippen LogP contribution >= 0.6 is 0 Å². The summed E-state index contributed by atoms with van der Waals surface area (Å²) in [6, 6.07) is 4.19. The first-order chi connectivity index (χ1) is 7.08. The first-order valence-corrected chi connectivity index (χ1v) is 4.23. The Bertz CT molecular complexity index is 603. The molecule has 15 heavy (non-hydrogen) atoms. The van der Waals surface area contributed by atoms with Gasteiger partial charge in [-0.05, 0) is 13.0 Å². The molecule has 0 fully saturated rings. The van der Waals surface area contributed by atoms with Gasteiger partial charge in [-0.25, -0.2) is 4.79 Å². The van der Waals surface area contributed by atoms with Crippen molar-refractivity contribution in [1.82, 2.24) is 9.97 Å². The summed E-state index contributed by atoms with van der Waals surface area (Å²) in [6.45, 7) is 1.68. The molecule has 6 heteroatoms. The van der Waals surface area contributed by atoms with Gasteiger partial charge < -0.3 is 4.98 Å². The number of nitro groups is 1. The summed E-state index contributed by atoms with van der Waals surface area (Å²) in [7, 11) is 0. The molecule has 0 spiro atoms. The van der Waals surface area contributed by atoms with E-state index >= 15 is 0 Å². The average Bonchev–Trinajstić information content (AvgIpc) is 2.16. The lowest BCUT2D eigenvalue weighted by Gasteiger charge is -1.99. The van der Waals surface area contributed by atoms with Gasteiger partial charge in [-0.2, -0.15) is 4.98 Å². The fraction of sp³-hybridized carbons (Fsp3) is 0.111. The van der Waals surface area contributed by atoms with Gasteiger partial charge in [-0.15, -0.1) is 0 Å². The molecule has 0 saturated heterocycles. The molecular weight excluding hydrogens is 198 g/mol. The molecule has 1 heterocycles. The van der Waals surface area contributed by atoms with Crippen molar-refractivity contribution in [2.45, 2.75) is 6.92 Å². The zero-order chi connectivity index (χ0) is 11.0. The van der Waals surface area contributed by atoms with Crippen LogP contribution < -0.4 is 5.69 Å². The summed E-state index contributed by atoms with van der Waals surface area (Å²) in [5.74, 6) is 0. The summed E-state index contributed by atoms with van der Waals surface area (Å²) >= 11 is 0. The Balaban J connectivity index is 2.82. The Hall–Kier alpha value is -2.24. The molecule has 0 saturated carbocycles. The third kappa shape index (κ3) is 1.56. The van der Waals surface area contributed by atoms with E-state index in [0.29, 0.717) is 16.6 Å². The van der Waals surface area contributed by atoms with Gasteiger partial charge in [0.1, 0.15) is 0 Å². The molecule has 0 amide bonds. The third-order valence-corrected chi connectivity index (χ3v) is 2.11. The summed E-state index contributed by atoms with van der Waals surface area (Å²) in [5, 5.41) is 11.1. The van der Waals surface area contributed by atoms with E-state index < -0.39 is 10.6 Å². The number of aromatic nitrogens is 2. The van der Waals surface area contributed by atoms with Crippen LogP contribution in [0.15, 0.2) is 23.0 Å². The molecular formula is C9H7N3O3. The number of hydrogen-bond donors (Lipinski definition) is 1. The van der Waals surface area contributed by atoms with Gasteiger partial charge in [0.25, 0.3) is 5.69 Å². The monoisotopic (exact) mass is 205 g/mol. The molecule has 0 aliphatic rings. The van der Waals surface area contributed by atoms with Crippen LogP contribution in [-0.2, 0) is 0 Å². The molecule has 0 aliphatic carbocycles. The van der Waals surface area contributed by atoms with E-state index in [2.05, 4.69) is 9.97 Å². The number of benzene rings is 1. The first-order valence-electron chi connectivity index (χ1n) is 4.23. The molecule has 1 aromatic heterocycles. The zero-order valence-electron chi connectivity index (χ0n) is 7.85. The molecule has 0 radical (unpaired) electrons. The van der Waals surface area contributed by atoms with Gasteiger partial charge in [-0.1, -0.05) is 0 Å². The third-order valence-electron chi connectivity index (χ3n) is 2.11. The van der Waals surface area contributed by atoms with Crippen molar-refractivity contribution < 1.29 is 4.92 Å². The van der Waals surface area contributed by atoms with Gasteiger partial charge in [-0.3, -0.25) is 10.1 Å². The second-order valence-electron chi connectivity index (χ2n) is 3.13. The van der Waals surface area contributed by atoms with Crippen LogP contribution in [0, 0.1) is 17.0 Å². The van der Waals surface area contributed by atoms with Crippen LogP contribution in [0.4, 0.5) is 5.69 Å². The van der Waals surface area contributed by atoms with Crippen molar-refractivity contribution in [1.29, 1.82) is 0 Å². The van der Waals surface area contributed by atoms with Crippen LogP contribution in [0.3, 0.4) is 0 Å². The average molecular weight is 205 g/mol. The number of nitrogens with one attached hydrogen (secondary N) is 1. The molecule has 0 unspecified atom stereocenters. The highest BCUT2D eigenvalue weighted by Gasteiger charge is 2.08. The largest absolute Gasteiger partial charge is 0.345 e. The highest BCUT2D eigenvalue weighted by Crippen LogP contribution is 2.19. The Morgan fingerprint density at radius 1 is 1.47 bits per heavy atom. The van der Waals surface area contributed by atoms with Crippen molar-refractivity contribution in [3.8, 4) is 0 Å². The van der Waals surface area contributed by atoms with Crippen LogP contribution in [0.1, 0.15) is 5.69 Å². The van der Waals surface area contributed by atoms with Gasteiger partial charge in [0, 0.05) is 23.2 Å². The number of hydrogen-bond acceptors (Lipinski definition) is 4. The first kappa shape index (κ1) is 9.32. The lowest BCUT2D eigenvalue weighted by Crippen LogP contribution is -2.11. The van der Waals surface area contributed by atoms with E-state index in [-0.39, 0.29) is 5.69 Å². The highest BCUT2D eigenvalue weighted by atomic mass is 16.6. The number of rotatable bonds is 1. The predicted molar refractivity (Wildman–Crippen MR) is 53.8 cm³/mol. The Kier molecular flexibility index (Phi) is 1.96. The summed E-state index contributed by atoms with van der Waals surface area (Å²) in [5.41, 5.74) is 0.573. The van der Waals surface area contributed by atoms with E-state index in [0.717, 1.165) is 0 Å². The van der Waals surface area contributed by atoms with Crippen molar-refractivity contribution in [3.05, 3.63) is 44.5 Å². The predicted octanol–water partition coefficient (Wildman–Crippen LogP) is 1.14. The molecule has 2 aromatic rings. The molecule has 1 aromatic carbocycles. The zero-order valence-corrected chi connectivity index (χ0v) is 7.85. The van der Waals surface area contributed by atoms with Crippen LogP contribution in [0.2, 0.25) is 0 Å². The van der Waals surface area contributed by atoms with E-state index in [9.17, 15) is 14.9 Å². The molecule has 0 bridgehead atoms. The van der Waals surface area contributed by atoms with Crippen LogP contribution in [0.25, 0.3) is 10.9 Å². The lowest BCUT2D eigenvalue weighted by atomic mass is 10.2. The molecule has 2 rings (SSSR count). The smallest absolute Gasteiger partial charge is 0.309 e. The molecule has 0 aliphatic heterocycles. The topological polar surface area (TPSA) is 88.9 Å². The van der Waals surface area contributed by atoms with Crippen molar-refractivity contribution >= 4 is 16.6 Å². The maximum Gasteiger partial charge on any atom is 0.345 e. The minimum absolute atomic E-state index is 0.0144.